The smallest absolute Gasteiger partial charge is 0.139 e. The van der Waals surface area contributed by atoms with Crippen molar-refractivity contribution in [3.8, 4) is 22.7 Å². The van der Waals surface area contributed by atoms with Crippen molar-refractivity contribution < 1.29 is 4.74 Å². The van der Waals surface area contributed by atoms with Crippen LogP contribution >= 0.6 is 0 Å². The summed E-state index contributed by atoms with van der Waals surface area (Å²) >= 11 is 0. The van der Waals surface area contributed by atoms with Crippen molar-refractivity contribution in [2.24, 2.45) is 7.05 Å². The minimum absolute atomic E-state index is 0.726. The van der Waals surface area contributed by atoms with Crippen molar-refractivity contribution in [2.45, 2.75) is 19.3 Å². The van der Waals surface area contributed by atoms with Gasteiger partial charge in [0.15, 0.2) is 0 Å². The molecule has 0 N–H and O–H groups in total. The first-order chi connectivity index (χ1) is 12.7. The number of methoxy groups -OCH3 is 1. The molecule has 3 aromatic heterocycles. The Kier molecular flexibility index (Phi) is 3.31. The van der Waals surface area contributed by atoms with E-state index in [0.29, 0.717) is 0 Å². The predicted molar refractivity (Wildman–Crippen MR) is 99.6 cm³/mol. The van der Waals surface area contributed by atoms with E-state index in [9.17, 15) is 0 Å². The van der Waals surface area contributed by atoms with Gasteiger partial charge < -0.3 is 4.74 Å². The lowest BCUT2D eigenvalue weighted by atomic mass is 10.1. The van der Waals surface area contributed by atoms with E-state index in [1.807, 2.05) is 30.2 Å². The third-order valence-corrected chi connectivity index (χ3v) is 5.06. The van der Waals surface area contributed by atoms with Gasteiger partial charge in [-0.25, -0.2) is 9.67 Å². The Bertz CT molecular complexity index is 1120. The molecule has 0 saturated carbocycles. The maximum Gasteiger partial charge on any atom is 0.139 e. The number of rotatable bonds is 3. The van der Waals surface area contributed by atoms with Crippen LogP contribution in [0.1, 0.15) is 17.5 Å². The van der Waals surface area contributed by atoms with Crippen LogP contribution in [0, 0.1) is 0 Å². The van der Waals surface area contributed by atoms with Gasteiger partial charge in [0.25, 0.3) is 0 Å². The monoisotopic (exact) mass is 345 g/mol. The number of aryl methyl sites for hydroxylation is 2. The van der Waals surface area contributed by atoms with Crippen LogP contribution in [0.5, 0.6) is 5.75 Å². The Balaban J connectivity index is 1.81. The number of nitrogens with zero attached hydrogens (tertiary/aromatic N) is 5. The number of hydrogen-bond acceptors (Lipinski definition) is 4. The molecule has 6 nitrogen and oxygen atoms in total. The molecule has 1 aliphatic carbocycles. The molecule has 3 heterocycles. The molecule has 130 valence electrons. The summed E-state index contributed by atoms with van der Waals surface area (Å²) in [6.07, 6.45) is 8.96. The van der Waals surface area contributed by atoms with E-state index in [-0.39, 0.29) is 0 Å². The Morgan fingerprint density at radius 1 is 1.15 bits per heavy atom. The first-order valence-electron chi connectivity index (χ1n) is 8.77. The Morgan fingerprint density at radius 3 is 2.88 bits per heavy atom. The van der Waals surface area contributed by atoms with Crippen LogP contribution < -0.4 is 4.74 Å². The Labute approximate surface area is 151 Å². The highest BCUT2D eigenvalue weighted by atomic mass is 16.5. The van der Waals surface area contributed by atoms with Gasteiger partial charge in [0, 0.05) is 24.9 Å². The van der Waals surface area contributed by atoms with Crippen LogP contribution in [-0.2, 0) is 19.9 Å². The molecule has 0 fully saturated rings. The van der Waals surface area contributed by atoms with Crippen molar-refractivity contribution in [3.05, 3.63) is 54.0 Å². The van der Waals surface area contributed by atoms with E-state index >= 15 is 0 Å². The lowest BCUT2D eigenvalue weighted by Crippen LogP contribution is -2.01. The topological polar surface area (TPSA) is 57.8 Å². The van der Waals surface area contributed by atoms with Crippen LogP contribution in [0.2, 0.25) is 0 Å². The zero-order chi connectivity index (χ0) is 17.7. The summed E-state index contributed by atoms with van der Waals surface area (Å²) in [5.74, 6) is 0.726. The fraction of sp³-hybridized carbons (Fsp3) is 0.250. The minimum Gasteiger partial charge on any atom is -0.495 e. The van der Waals surface area contributed by atoms with Gasteiger partial charge in [-0.15, -0.1) is 0 Å². The zero-order valence-corrected chi connectivity index (χ0v) is 14.8. The minimum atomic E-state index is 0.726. The third-order valence-electron chi connectivity index (χ3n) is 5.06. The van der Waals surface area contributed by atoms with Gasteiger partial charge in [0.05, 0.1) is 30.7 Å². The molecular formula is C20H19N5O. The molecule has 0 saturated heterocycles. The second-order valence-electron chi connectivity index (χ2n) is 6.67. The molecule has 5 rings (SSSR count). The van der Waals surface area contributed by atoms with E-state index < -0.39 is 0 Å². The molecule has 0 aliphatic heterocycles. The number of benzene rings is 1. The quantitative estimate of drug-likeness (QED) is 0.571. The van der Waals surface area contributed by atoms with E-state index in [4.69, 9.17) is 9.84 Å². The van der Waals surface area contributed by atoms with Gasteiger partial charge in [-0.3, -0.25) is 4.68 Å². The molecular weight excluding hydrogens is 326 g/mol. The van der Waals surface area contributed by atoms with Gasteiger partial charge in [-0.1, -0.05) is 12.1 Å². The highest BCUT2D eigenvalue weighted by Gasteiger charge is 2.21. The molecule has 0 unspecified atom stereocenters. The van der Waals surface area contributed by atoms with Crippen LogP contribution in [-0.4, -0.2) is 31.7 Å². The van der Waals surface area contributed by atoms with Crippen molar-refractivity contribution in [2.75, 3.05) is 7.11 Å². The summed E-state index contributed by atoms with van der Waals surface area (Å²) in [4.78, 5) is 4.63. The van der Waals surface area contributed by atoms with Gasteiger partial charge in [0.1, 0.15) is 17.0 Å². The summed E-state index contributed by atoms with van der Waals surface area (Å²) < 4.78 is 9.20. The van der Waals surface area contributed by atoms with Gasteiger partial charge in [-0.2, -0.15) is 10.2 Å². The molecule has 4 aromatic rings. The molecule has 0 amide bonds. The highest BCUT2D eigenvalue weighted by molar-refractivity contribution is 5.91. The maximum atomic E-state index is 5.40. The van der Waals surface area contributed by atoms with E-state index in [0.717, 1.165) is 46.6 Å². The summed E-state index contributed by atoms with van der Waals surface area (Å²) in [7, 11) is 3.56. The molecule has 1 aliphatic rings. The van der Waals surface area contributed by atoms with Crippen LogP contribution in [0.15, 0.2) is 42.9 Å². The van der Waals surface area contributed by atoms with Gasteiger partial charge in [-0.05, 0) is 36.5 Å². The molecule has 0 atom stereocenters. The van der Waals surface area contributed by atoms with Gasteiger partial charge >= 0.3 is 0 Å². The van der Waals surface area contributed by atoms with E-state index in [2.05, 4.69) is 28.3 Å². The van der Waals surface area contributed by atoms with Crippen LogP contribution in [0.3, 0.4) is 0 Å². The fourth-order valence-corrected chi connectivity index (χ4v) is 3.81. The summed E-state index contributed by atoms with van der Waals surface area (Å²) in [5.41, 5.74) is 7.54. The predicted octanol–water partition coefficient (Wildman–Crippen LogP) is 3.32. The second kappa shape index (κ2) is 5.69. The Morgan fingerprint density at radius 2 is 2.08 bits per heavy atom. The number of fused-ring (bicyclic) bond motifs is 2. The molecule has 0 bridgehead atoms. The fourth-order valence-electron chi connectivity index (χ4n) is 3.81. The number of ether oxygens (including phenoxy) is 1. The SMILES string of the molecule is COc1cnc2c(-c3cnn(C)c3)nn(-c3cccc4c3CCC4)c2c1. The van der Waals surface area contributed by atoms with E-state index in [1.165, 1.54) is 17.5 Å². The molecule has 26 heavy (non-hydrogen) atoms. The Hall–Kier alpha value is -3.15. The molecule has 0 radical (unpaired) electrons. The van der Waals surface area contributed by atoms with Crippen LogP contribution in [0.4, 0.5) is 0 Å². The molecule has 0 spiro atoms. The normalized spacial score (nSPS) is 13.3. The standard InChI is InChI=1S/C20H19N5O/c1-24-12-14(10-22-24)19-20-18(9-15(26-2)11-21-20)25(23-19)17-8-4-6-13-5-3-7-16(13)17/h4,6,8-12H,3,5,7H2,1-2H3. The number of pyridine rings is 1. The zero-order valence-electron chi connectivity index (χ0n) is 14.8. The average Bonchev–Trinajstić information content (AvgIpc) is 3.38. The summed E-state index contributed by atoms with van der Waals surface area (Å²) in [6.45, 7) is 0. The van der Waals surface area contributed by atoms with E-state index in [1.54, 1.807) is 18.0 Å². The summed E-state index contributed by atoms with van der Waals surface area (Å²) in [6, 6.07) is 8.48. The third kappa shape index (κ3) is 2.22. The number of hydrogen-bond donors (Lipinski definition) is 0. The van der Waals surface area contributed by atoms with Crippen molar-refractivity contribution in [3.63, 3.8) is 0 Å². The molecule has 6 heteroatoms. The maximum absolute atomic E-state index is 5.40. The highest BCUT2D eigenvalue weighted by Crippen LogP contribution is 2.33. The number of aromatic nitrogens is 5. The van der Waals surface area contributed by atoms with Crippen LogP contribution in [0.25, 0.3) is 28.0 Å². The first-order valence-corrected chi connectivity index (χ1v) is 8.77. The molecule has 1 aromatic carbocycles. The largest absolute Gasteiger partial charge is 0.495 e. The lowest BCUT2D eigenvalue weighted by molar-refractivity contribution is 0.413. The van der Waals surface area contributed by atoms with Crippen molar-refractivity contribution >= 4 is 11.0 Å². The second-order valence-corrected chi connectivity index (χ2v) is 6.67. The van der Waals surface area contributed by atoms with Gasteiger partial charge in [0.2, 0.25) is 0 Å². The lowest BCUT2D eigenvalue weighted by Gasteiger charge is -2.10. The average molecular weight is 345 g/mol. The first kappa shape index (κ1) is 15.1. The summed E-state index contributed by atoms with van der Waals surface area (Å²) in [5, 5.41) is 9.23. The van der Waals surface area contributed by atoms with Crippen molar-refractivity contribution in [1.82, 2.24) is 24.5 Å². The van der Waals surface area contributed by atoms with Crippen molar-refractivity contribution in [1.29, 1.82) is 0 Å².